The predicted octanol–water partition coefficient (Wildman–Crippen LogP) is 2.45. The third kappa shape index (κ3) is 4.31. The number of ether oxygens (including phenoxy) is 1. The van der Waals surface area contributed by atoms with Crippen molar-refractivity contribution in [2.45, 2.75) is 24.4 Å². The fourth-order valence-corrected chi connectivity index (χ4v) is 3.08. The molecule has 0 spiro atoms. The van der Waals surface area contributed by atoms with Gasteiger partial charge in [0.1, 0.15) is 5.75 Å². The number of hydrogen-bond acceptors (Lipinski definition) is 4. The largest absolute Gasteiger partial charge is 0.496 e. The number of hydrogen-bond donors (Lipinski definition) is 2. The molecule has 0 bridgehead atoms. The molecule has 0 heterocycles. The number of para-hydroxylation sites is 1. The third-order valence-corrected chi connectivity index (χ3v) is 5.14. The van der Waals surface area contributed by atoms with Crippen molar-refractivity contribution in [1.29, 1.82) is 0 Å². The third-order valence-electron chi connectivity index (χ3n) is 3.73. The van der Waals surface area contributed by atoms with Gasteiger partial charge in [-0.15, -0.1) is 0 Å². The topological polar surface area (TPSA) is 67.4 Å². The zero-order valence-corrected chi connectivity index (χ0v) is 14.4. The molecule has 0 aliphatic rings. The first-order chi connectivity index (χ1) is 11.0. The van der Waals surface area contributed by atoms with Gasteiger partial charge in [0.15, 0.2) is 0 Å². The van der Waals surface area contributed by atoms with Crippen LogP contribution in [0.3, 0.4) is 0 Å². The van der Waals surface area contributed by atoms with Crippen LogP contribution in [-0.4, -0.2) is 22.6 Å². The molecule has 124 valence electrons. The van der Waals surface area contributed by atoms with Gasteiger partial charge in [-0.3, -0.25) is 0 Å². The highest BCUT2D eigenvalue weighted by atomic mass is 32.2. The highest BCUT2D eigenvalue weighted by Crippen LogP contribution is 2.20. The fourth-order valence-electron chi connectivity index (χ4n) is 2.30. The average molecular weight is 334 g/mol. The lowest BCUT2D eigenvalue weighted by Crippen LogP contribution is -2.21. The average Bonchev–Trinajstić information content (AvgIpc) is 2.60. The smallest absolute Gasteiger partial charge is 0.240 e. The fraction of sp³-hybridized carbons (Fsp3) is 0.294. The van der Waals surface area contributed by atoms with Gasteiger partial charge in [-0.2, -0.15) is 0 Å². The molecule has 0 radical (unpaired) electrons. The van der Waals surface area contributed by atoms with Gasteiger partial charge < -0.3 is 10.1 Å². The Kier molecular flexibility index (Phi) is 5.76. The van der Waals surface area contributed by atoms with Gasteiger partial charge in [0.25, 0.3) is 0 Å². The monoisotopic (exact) mass is 334 g/mol. The lowest BCUT2D eigenvalue weighted by molar-refractivity contribution is 0.406. The Hall–Kier alpha value is -1.89. The van der Waals surface area contributed by atoms with E-state index in [1.54, 1.807) is 25.3 Å². The first-order valence-electron chi connectivity index (χ1n) is 7.36. The quantitative estimate of drug-likeness (QED) is 0.816. The Bertz CT molecular complexity index is 760. The summed E-state index contributed by atoms with van der Waals surface area (Å²) in [5.41, 5.74) is 1.97. The van der Waals surface area contributed by atoms with E-state index in [4.69, 9.17) is 4.74 Å². The van der Waals surface area contributed by atoms with Gasteiger partial charge in [-0.25, -0.2) is 13.1 Å². The molecule has 0 saturated carbocycles. The molecule has 0 aromatic heterocycles. The van der Waals surface area contributed by atoms with Gasteiger partial charge >= 0.3 is 0 Å². The van der Waals surface area contributed by atoms with Gasteiger partial charge in [0.2, 0.25) is 10.0 Å². The van der Waals surface area contributed by atoms with Crippen molar-refractivity contribution in [3.63, 3.8) is 0 Å². The van der Waals surface area contributed by atoms with Gasteiger partial charge in [0, 0.05) is 18.2 Å². The summed E-state index contributed by atoms with van der Waals surface area (Å²) in [5, 5.41) is 3.39. The van der Waals surface area contributed by atoms with Crippen LogP contribution in [0.15, 0.2) is 53.4 Å². The van der Waals surface area contributed by atoms with E-state index in [1.165, 1.54) is 7.05 Å². The number of rotatable bonds is 7. The van der Waals surface area contributed by atoms with Crippen LogP contribution in [0.25, 0.3) is 0 Å². The molecule has 0 saturated heterocycles. The van der Waals surface area contributed by atoms with Crippen molar-refractivity contribution >= 4 is 10.0 Å². The van der Waals surface area contributed by atoms with E-state index in [9.17, 15) is 8.42 Å². The van der Waals surface area contributed by atoms with Crippen LogP contribution in [0.5, 0.6) is 5.75 Å². The molecule has 0 amide bonds. The summed E-state index contributed by atoms with van der Waals surface area (Å²) >= 11 is 0. The lowest BCUT2D eigenvalue weighted by Gasteiger charge is -2.16. The molecular weight excluding hydrogens is 312 g/mol. The molecule has 2 N–H and O–H groups in total. The van der Waals surface area contributed by atoms with E-state index < -0.39 is 10.0 Å². The molecule has 23 heavy (non-hydrogen) atoms. The Morgan fingerprint density at radius 1 is 1.13 bits per heavy atom. The maximum absolute atomic E-state index is 11.9. The molecule has 0 unspecified atom stereocenters. The van der Waals surface area contributed by atoms with Crippen LogP contribution in [0.2, 0.25) is 0 Å². The van der Waals surface area contributed by atoms with Crippen molar-refractivity contribution in [3.8, 4) is 5.75 Å². The summed E-state index contributed by atoms with van der Waals surface area (Å²) in [6, 6.07) is 14.8. The summed E-state index contributed by atoms with van der Waals surface area (Å²) in [6.07, 6.45) is 0. The molecule has 0 aliphatic heterocycles. The lowest BCUT2D eigenvalue weighted by atomic mass is 10.1. The minimum Gasteiger partial charge on any atom is -0.496 e. The summed E-state index contributed by atoms with van der Waals surface area (Å²) in [4.78, 5) is 0.267. The molecule has 0 fully saturated rings. The summed E-state index contributed by atoms with van der Waals surface area (Å²) in [7, 11) is -0.375. The number of nitrogens with one attached hydrogen (secondary N) is 2. The highest BCUT2D eigenvalue weighted by molar-refractivity contribution is 7.89. The van der Waals surface area contributed by atoms with Crippen molar-refractivity contribution < 1.29 is 13.2 Å². The van der Waals surface area contributed by atoms with Gasteiger partial charge in [0.05, 0.1) is 12.0 Å². The van der Waals surface area contributed by atoms with Crippen LogP contribution in [-0.2, 0) is 16.6 Å². The zero-order chi connectivity index (χ0) is 16.9. The van der Waals surface area contributed by atoms with Crippen molar-refractivity contribution in [1.82, 2.24) is 10.0 Å². The van der Waals surface area contributed by atoms with E-state index in [0.717, 1.165) is 16.9 Å². The first kappa shape index (κ1) is 17.5. The molecule has 1 atom stereocenters. The standard InChI is InChI=1S/C17H22N2O3S/c1-13(19-12-15-7-4-5-10-17(15)22-3)14-8-6-9-16(11-14)23(20,21)18-2/h4-11,13,18-19H,12H2,1-3H3/t13-/m1/s1. The van der Waals surface area contributed by atoms with E-state index in [-0.39, 0.29) is 10.9 Å². The summed E-state index contributed by atoms with van der Waals surface area (Å²) < 4.78 is 31.4. The number of methoxy groups -OCH3 is 1. The molecule has 6 heteroatoms. The second-order valence-electron chi connectivity index (χ2n) is 5.19. The molecular formula is C17H22N2O3S. The molecule has 5 nitrogen and oxygen atoms in total. The Morgan fingerprint density at radius 2 is 1.87 bits per heavy atom. The minimum atomic E-state index is -3.43. The summed E-state index contributed by atoms with van der Waals surface area (Å²) in [6.45, 7) is 2.63. The second kappa shape index (κ2) is 7.59. The van der Waals surface area contributed by atoms with Crippen LogP contribution in [0, 0.1) is 0 Å². The highest BCUT2D eigenvalue weighted by Gasteiger charge is 2.14. The molecule has 2 aromatic rings. The second-order valence-corrected chi connectivity index (χ2v) is 7.08. The Balaban J connectivity index is 2.12. The first-order valence-corrected chi connectivity index (χ1v) is 8.85. The van der Waals surface area contributed by atoms with Gasteiger partial charge in [-0.05, 0) is 37.7 Å². The Labute approximate surface area is 137 Å². The maximum Gasteiger partial charge on any atom is 0.240 e. The SMILES string of the molecule is CNS(=O)(=O)c1cccc([C@@H](C)NCc2ccccc2OC)c1. The van der Waals surface area contributed by atoms with Crippen LogP contribution in [0.4, 0.5) is 0 Å². The van der Waals surface area contributed by atoms with E-state index in [0.29, 0.717) is 6.54 Å². The van der Waals surface area contributed by atoms with E-state index in [1.807, 2.05) is 37.3 Å². The van der Waals surface area contributed by atoms with E-state index >= 15 is 0 Å². The minimum absolute atomic E-state index is 0.00641. The Morgan fingerprint density at radius 3 is 2.57 bits per heavy atom. The normalized spacial score (nSPS) is 12.8. The predicted molar refractivity (Wildman–Crippen MR) is 90.9 cm³/mol. The van der Waals surface area contributed by atoms with E-state index in [2.05, 4.69) is 10.0 Å². The zero-order valence-electron chi connectivity index (χ0n) is 13.5. The van der Waals surface area contributed by atoms with Crippen LogP contribution < -0.4 is 14.8 Å². The van der Waals surface area contributed by atoms with Crippen LogP contribution >= 0.6 is 0 Å². The number of sulfonamides is 1. The van der Waals surface area contributed by atoms with Crippen molar-refractivity contribution in [3.05, 3.63) is 59.7 Å². The molecule has 0 aliphatic carbocycles. The number of benzene rings is 2. The van der Waals surface area contributed by atoms with Crippen molar-refractivity contribution in [2.75, 3.05) is 14.2 Å². The maximum atomic E-state index is 11.9. The summed E-state index contributed by atoms with van der Waals surface area (Å²) in [5.74, 6) is 0.832. The molecule has 2 aromatic carbocycles. The van der Waals surface area contributed by atoms with Crippen molar-refractivity contribution in [2.24, 2.45) is 0 Å². The van der Waals surface area contributed by atoms with Gasteiger partial charge in [-0.1, -0.05) is 30.3 Å². The molecule has 2 rings (SSSR count). The van der Waals surface area contributed by atoms with Crippen LogP contribution in [0.1, 0.15) is 24.1 Å².